The van der Waals surface area contributed by atoms with Gasteiger partial charge in [0.05, 0.1) is 25.1 Å². The molecule has 4 aromatic rings. The third kappa shape index (κ3) is 10.1. The van der Waals surface area contributed by atoms with Crippen molar-refractivity contribution in [3.8, 4) is 0 Å². The van der Waals surface area contributed by atoms with Gasteiger partial charge in [-0.05, 0) is 49.3 Å². The number of piperidine rings is 1. The SMILES string of the molecule is CC(C)(N)C(=O)N[C@H](COCc1ccccc1)C(=O)Nc1cn(C(C(=O)N2CCC(c3ccccc3)CC2)c2ccccc2)cn1.Cl.Cl. The number of benzene rings is 3. The Morgan fingerprint density at radius 1 is 0.917 bits per heavy atom. The third-order valence-corrected chi connectivity index (χ3v) is 8.18. The molecule has 10 nitrogen and oxygen atoms in total. The topological polar surface area (TPSA) is 132 Å². The first-order chi connectivity index (χ1) is 22.2. The summed E-state index contributed by atoms with van der Waals surface area (Å²) in [5.74, 6) is -0.368. The standard InChI is InChI=1S/C36H42N6O4.2ClH/c1-36(2,37)35(45)39-30(24-46-23-26-12-6-3-7-13-26)33(43)40-31-22-42(25-38-31)32(29-16-10-5-11-17-29)34(44)41-20-18-28(19-21-41)27-14-8-4-9-15-27;;/h3-17,22,25,28,30,32H,18-21,23-24,37H2,1-2H3,(H,39,45)(H,40,43);2*1H/t30-,32?;;/m1../s1. The Morgan fingerprint density at radius 3 is 2.10 bits per heavy atom. The summed E-state index contributed by atoms with van der Waals surface area (Å²) in [6.45, 7) is 4.63. The minimum absolute atomic E-state index is 0. The Hall–Kier alpha value is -4.22. The smallest absolute Gasteiger partial charge is 0.250 e. The van der Waals surface area contributed by atoms with Crippen LogP contribution in [0.1, 0.15) is 55.3 Å². The molecule has 1 fully saturated rings. The molecule has 1 aliphatic rings. The molecule has 3 aromatic carbocycles. The molecule has 4 N–H and O–H groups in total. The molecule has 256 valence electrons. The number of hydrogen-bond acceptors (Lipinski definition) is 6. The Bertz CT molecular complexity index is 1590. The van der Waals surface area contributed by atoms with Gasteiger partial charge in [0.1, 0.15) is 12.1 Å². The Labute approximate surface area is 294 Å². The van der Waals surface area contributed by atoms with E-state index in [2.05, 4.69) is 39.9 Å². The minimum Gasteiger partial charge on any atom is -0.374 e. The van der Waals surface area contributed by atoms with Crippen molar-refractivity contribution in [1.82, 2.24) is 19.8 Å². The van der Waals surface area contributed by atoms with E-state index in [1.54, 1.807) is 30.9 Å². The summed E-state index contributed by atoms with van der Waals surface area (Å²) < 4.78 is 7.52. The molecular formula is C36H44Cl2N6O4. The number of ether oxygens (including phenoxy) is 1. The second-order valence-electron chi connectivity index (χ2n) is 12.3. The monoisotopic (exact) mass is 694 g/mol. The highest BCUT2D eigenvalue weighted by molar-refractivity contribution is 5.98. The van der Waals surface area contributed by atoms with Gasteiger partial charge in [0.15, 0.2) is 5.82 Å². The summed E-state index contributed by atoms with van der Waals surface area (Å²) in [7, 11) is 0. The lowest BCUT2D eigenvalue weighted by Gasteiger charge is -2.35. The first-order valence-corrected chi connectivity index (χ1v) is 15.6. The van der Waals surface area contributed by atoms with Crippen molar-refractivity contribution >= 4 is 48.4 Å². The molecule has 3 amide bonds. The summed E-state index contributed by atoms with van der Waals surface area (Å²) in [4.78, 5) is 46.5. The van der Waals surface area contributed by atoms with Crippen LogP contribution in [0.25, 0.3) is 0 Å². The number of likely N-dealkylation sites (tertiary alicyclic amines) is 1. The molecule has 0 spiro atoms. The van der Waals surface area contributed by atoms with Gasteiger partial charge in [-0.3, -0.25) is 14.4 Å². The van der Waals surface area contributed by atoms with Crippen LogP contribution in [0.3, 0.4) is 0 Å². The van der Waals surface area contributed by atoms with Gasteiger partial charge in [-0.15, -0.1) is 24.8 Å². The lowest BCUT2D eigenvalue weighted by molar-refractivity contribution is -0.134. The largest absolute Gasteiger partial charge is 0.374 e. The van der Waals surface area contributed by atoms with Gasteiger partial charge in [0.25, 0.3) is 5.91 Å². The lowest BCUT2D eigenvalue weighted by atomic mass is 9.89. The Kier molecular flexibility index (Phi) is 14.2. The maximum Gasteiger partial charge on any atom is 0.250 e. The highest BCUT2D eigenvalue weighted by atomic mass is 35.5. The number of nitrogens with one attached hydrogen (secondary N) is 2. The number of imidazole rings is 1. The summed E-state index contributed by atoms with van der Waals surface area (Å²) in [6.07, 6.45) is 4.97. The lowest BCUT2D eigenvalue weighted by Crippen LogP contribution is -2.56. The summed E-state index contributed by atoms with van der Waals surface area (Å²) >= 11 is 0. The van der Waals surface area contributed by atoms with Gasteiger partial charge in [-0.1, -0.05) is 91.0 Å². The minimum atomic E-state index is -1.20. The van der Waals surface area contributed by atoms with E-state index in [9.17, 15) is 14.4 Å². The highest BCUT2D eigenvalue weighted by Gasteiger charge is 2.32. The number of aromatic nitrogens is 2. The maximum atomic E-state index is 14.0. The summed E-state index contributed by atoms with van der Waals surface area (Å²) in [6, 6.07) is 27.8. The van der Waals surface area contributed by atoms with Crippen LogP contribution in [-0.2, 0) is 25.7 Å². The second-order valence-corrected chi connectivity index (χ2v) is 12.3. The van der Waals surface area contributed by atoms with Gasteiger partial charge in [0, 0.05) is 19.3 Å². The molecule has 0 aliphatic carbocycles. The summed E-state index contributed by atoms with van der Waals surface area (Å²) in [5, 5.41) is 5.48. The van der Waals surface area contributed by atoms with Crippen LogP contribution >= 0.6 is 24.8 Å². The molecule has 0 saturated carbocycles. The highest BCUT2D eigenvalue weighted by Crippen LogP contribution is 2.30. The number of amides is 3. The Morgan fingerprint density at radius 2 is 1.50 bits per heavy atom. The van der Waals surface area contributed by atoms with Crippen LogP contribution < -0.4 is 16.4 Å². The van der Waals surface area contributed by atoms with Gasteiger partial charge in [-0.2, -0.15) is 0 Å². The zero-order valence-electron chi connectivity index (χ0n) is 27.2. The van der Waals surface area contributed by atoms with Crippen LogP contribution in [-0.4, -0.2) is 63.4 Å². The number of hydrogen-bond donors (Lipinski definition) is 3. The summed E-state index contributed by atoms with van der Waals surface area (Å²) in [5.41, 5.74) is 7.85. The van der Waals surface area contributed by atoms with Crippen molar-refractivity contribution in [2.45, 2.75) is 56.8 Å². The molecule has 12 heteroatoms. The number of halogens is 2. The molecule has 1 saturated heterocycles. The molecule has 2 atom stereocenters. The molecular weight excluding hydrogens is 651 g/mol. The van der Waals surface area contributed by atoms with Crippen LogP contribution in [0.15, 0.2) is 104 Å². The van der Waals surface area contributed by atoms with E-state index in [0.29, 0.717) is 19.0 Å². The van der Waals surface area contributed by atoms with Crippen molar-refractivity contribution in [3.05, 3.63) is 120 Å². The van der Waals surface area contributed by atoms with Gasteiger partial charge in [-0.25, -0.2) is 4.98 Å². The maximum absolute atomic E-state index is 14.0. The van der Waals surface area contributed by atoms with Gasteiger partial charge in [0.2, 0.25) is 11.8 Å². The van der Waals surface area contributed by atoms with Crippen LogP contribution in [0, 0.1) is 0 Å². The number of nitrogens with two attached hydrogens (primary N) is 1. The van der Waals surface area contributed by atoms with E-state index in [4.69, 9.17) is 10.5 Å². The Balaban J connectivity index is 0.00000312. The normalized spacial score (nSPS) is 14.5. The van der Waals surface area contributed by atoms with Crippen LogP contribution in [0.4, 0.5) is 5.82 Å². The predicted octanol–water partition coefficient (Wildman–Crippen LogP) is 5.10. The van der Waals surface area contributed by atoms with Crippen LogP contribution in [0.5, 0.6) is 0 Å². The van der Waals surface area contributed by atoms with E-state index >= 15 is 0 Å². The molecule has 48 heavy (non-hydrogen) atoms. The van der Waals surface area contributed by atoms with Gasteiger partial charge >= 0.3 is 0 Å². The number of nitrogens with zero attached hydrogens (tertiary/aromatic N) is 3. The molecule has 0 bridgehead atoms. The van der Waals surface area contributed by atoms with E-state index < -0.39 is 29.4 Å². The van der Waals surface area contributed by atoms with Crippen molar-refractivity contribution in [2.75, 3.05) is 25.0 Å². The van der Waals surface area contributed by atoms with Crippen molar-refractivity contribution in [3.63, 3.8) is 0 Å². The van der Waals surface area contributed by atoms with Crippen molar-refractivity contribution in [1.29, 1.82) is 0 Å². The number of carbonyl (C=O) groups is 3. The zero-order chi connectivity index (χ0) is 32.5. The first-order valence-electron chi connectivity index (χ1n) is 15.6. The van der Waals surface area contributed by atoms with E-state index in [-0.39, 0.29) is 49.8 Å². The van der Waals surface area contributed by atoms with E-state index in [1.165, 1.54) is 5.56 Å². The fourth-order valence-corrected chi connectivity index (χ4v) is 5.56. The molecule has 1 aromatic heterocycles. The first kappa shape index (κ1) is 38.2. The quantitative estimate of drug-likeness (QED) is 0.189. The van der Waals surface area contributed by atoms with Crippen molar-refractivity contribution in [2.24, 2.45) is 5.73 Å². The van der Waals surface area contributed by atoms with E-state index in [1.807, 2.05) is 71.6 Å². The third-order valence-electron chi connectivity index (χ3n) is 8.18. The van der Waals surface area contributed by atoms with E-state index in [0.717, 1.165) is 24.0 Å². The zero-order valence-corrected chi connectivity index (χ0v) is 28.8. The number of rotatable bonds is 12. The number of anilines is 1. The molecule has 2 heterocycles. The molecule has 0 radical (unpaired) electrons. The van der Waals surface area contributed by atoms with Crippen LogP contribution in [0.2, 0.25) is 0 Å². The predicted molar refractivity (Wildman–Crippen MR) is 191 cm³/mol. The fourth-order valence-electron chi connectivity index (χ4n) is 5.56. The van der Waals surface area contributed by atoms with Crippen molar-refractivity contribution < 1.29 is 19.1 Å². The fraction of sp³-hybridized carbons (Fsp3) is 0.333. The number of carbonyl (C=O) groups excluding carboxylic acids is 3. The second kappa shape index (κ2) is 17.8. The average Bonchev–Trinajstić information content (AvgIpc) is 3.52. The average molecular weight is 696 g/mol. The molecule has 1 unspecified atom stereocenters. The van der Waals surface area contributed by atoms with Gasteiger partial charge < -0.3 is 30.6 Å². The molecule has 1 aliphatic heterocycles. The molecule has 5 rings (SSSR count).